The van der Waals surface area contributed by atoms with E-state index in [1.165, 1.54) is 23.8 Å². The minimum Gasteiger partial charge on any atom is -0.505 e. The fraction of sp³-hybridized carbons (Fsp3) is 0.0769. The summed E-state index contributed by atoms with van der Waals surface area (Å²) in [5, 5.41) is 13.3. The number of nitrogens with two attached hydrogens (primary N) is 1. The average molecular weight is 274 g/mol. The molecule has 0 bridgehead atoms. The maximum absolute atomic E-state index is 13.5. The van der Waals surface area contributed by atoms with E-state index in [4.69, 9.17) is 10.5 Å². The van der Waals surface area contributed by atoms with Crippen LogP contribution in [0.5, 0.6) is 11.5 Å². The molecule has 2 aromatic heterocycles. The largest absolute Gasteiger partial charge is 0.505 e. The van der Waals surface area contributed by atoms with Crippen molar-refractivity contribution in [2.75, 3.05) is 12.8 Å². The molecule has 3 N–H and O–H groups in total. The molecule has 3 rings (SSSR count). The highest BCUT2D eigenvalue weighted by Gasteiger charge is 2.13. The van der Waals surface area contributed by atoms with Crippen LogP contribution in [0.4, 0.5) is 10.3 Å². The lowest BCUT2D eigenvalue weighted by Gasteiger charge is -2.07. The van der Waals surface area contributed by atoms with Crippen molar-refractivity contribution in [2.45, 2.75) is 0 Å². The zero-order chi connectivity index (χ0) is 14.3. The molecule has 0 atom stereocenters. The first-order chi connectivity index (χ1) is 9.60. The summed E-state index contributed by atoms with van der Waals surface area (Å²) in [7, 11) is 1.51. The molecule has 1 aromatic carbocycles. The Morgan fingerprint density at radius 3 is 2.80 bits per heavy atom. The summed E-state index contributed by atoms with van der Waals surface area (Å²) in [5.41, 5.74) is 7.17. The molecule has 0 aliphatic carbocycles. The van der Waals surface area contributed by atoms with Crippen molar-refractivity contribution >= 4 is 11.6 Å². The number of phenolic OH excluding ortho intramolecular Hbond substituents is 1. The Morgan fingerprint density at radius 1 is 1.30 bits per heavy atom. The number of fused-ring (bicyclic) bond motifs is 1. The fourth-order valence-corrected chi connectivity index (χ4v) is 2.00. The maximum atomic E-state index is 13.5. The first-order valence-electron chi connectivity index (χ1n) is 5.78. The van der Waals surface area contributed by atoms with E-state index in [0.29, 0.717) is 22.7 Å². The van der Waals surface area contributed by atoms with Gasteiger partial charge in [-0.15, -0.1) is 5.10 Å². The van der Waals surface area contributed by atoms with E-state index in [1.807, 2.05) is 0 Å². The minimum absolute atomic E-state index is 0.0926. The molecule has 0 aliphatic heterocycles. The van der Waals surface area contributed by atoms with Crippen LogP contribution in [0.25, 0.3) is 16.9 Å². The number of phenols is 1. The van der Waals surface area contributed by atoms with Gasteiger partial charge in [-0.3, -0.25) is 0 Å². The fourth-order valence-electron chi connectivity index (χ4n) is 2.00. The van der Waals surface area contributed by atoms with E-state index in [-0.39, 0.29) is 5.95 Å². The standard InChI is InChI=1S/C13H11FN4O2/c1-20-11-5-3-9(18-12(11)16-13(15)17-18)7-2-4-10(19)8(14)6-7/h2-6,19H,1H3,(H2,15,17). The number of benzene rings is 1. The van der Waals surface area contributed by atoms with E-state index in [9.17, 15) is 9.50 Å². The third kappa shape index (κ3) is 1.80. The van der Waals surface area contributed by atoms with Crippen molar-refractivity contribution in [3.8, 4) is 22.8 Å². The summed E-state index contributed by atoms with van der Waals surface area (Å²) >= 11 is 0. The second kappa shape index (κ2) is 4.37. The van der Waals surface area contributed by atoms with Crippen molar-refractivity contribution < 1.29 is 14.2 Å². The van der Waals surface area contributed by atoms with Gasteiger partial charge in [0.1, 0.15) is 0 Å². The van der Waals surface area contributed by atoms with Crippen molar-refractivity contribution in [1.29, 1.82) is 0 Å². The number of hydrogen-bond donors (Lipinski definition) is 2. The van der Waals surface area contributed by atoms with Gasteiger partial charge in [-0.25, -0.2) is 8.91 Å². The van der Waals surface area contributed by atoms with Crippen LogP contribution in [-0.4, -0.2) is 26.8 Å². The summed E-state index contributed by atoms with van der Waals surface area (Å²) in [6.45, 7) is 0. The Morgan fingerprint density at radius 2 is 2.10 bits per heavy atom. The normalized spacial score (nSPS) is 10.9. The summed E-state index contributed by atoms with van der Waals surface area (Å²) in [6.07, 6.45) is 0. The number of nitrogens with zero attached hydrogens (tertiary/aromatic N) is 3. The molecule has 0 saturated heterocycles. The zero-order valence-corrected chi connectivity index (χ0v) is 10.5. The maximum Gasteiger partial charge on any atom is 0.240 e. The third-order valence-electron chi connectivity index (χ3n) is 2.93. The first-order valence-corrected chi connectivity index (χ1v) is 5.78. The van der Waals surface area contributed by atoms with Crippen LogP contribution < -0.4 is 10.5 Å². The zero-order valence-electron chi connectivity index (χ0n) is 10.5. The van der Waals surface area contributed by atoms with Crippen LogP contribution in [0, 0.1) is 5.82 Å². The number of aromatic hydroxyl groups is 1. The van der Waals surface area contributed by atoms with Gasteiger partial charge in [0.05, 0.1) is 12.8 Å². The lowest BCUT2D eigenvalue weighted by Crippen LogP contribution is -1.97. The number of ether oxygens (including phenoxy) is 1. The molecule has 0 radical (unpaired) electrons. The quantitative estimate of drug-likeness (QED) is 0.744. The van der Waals surface area contributed by atoms with Crippen LogP contribution in [-0.2, 0) is 0 Å². The SMILES string of the molecule is COc1ccc(-c2ccc(O)c(F)c2)n2nc(N)nc12. The van der Waals surface area contributed by atoms with Gasteiger partial charge in [0, 0.05) is 5.56 Å². The summed E-state index contributed by atoms with van der Waals surface area (Å²) < 4.78 is 20.1. The molecule has 20 heavy (non-hydrogen) atoms. The smallest absolute Gasteiger partial charge is 0.240 e. The molecule has 6 nitrogen and oxygen atoms in total. The summed E-state index contributed by atoms with van der Waals surface area (Å²) in [5.74, 6) is -0.511. The van der Waals surface area contributed by atoms with Gasteiger partial charge in [0.15, 0.2) is 23.0 Å². The predicted octanol–water partition coefficient (Wildman–Crippen LogP) is 1.83. The molecular weight excluding hydrogens is 263 g/mol. The topological polar surface area (TPSA) is 85.7 Å². The van der Waals surface area contributed by atoms with Crippen LogP contribution in [0.15, 0.2) is 30.3 Å². The Labute approximate surface area is 113 Å². The van der Waals surface area contributed by atoms with Crippen molar-refractivity contribution in [2.24, 2.45) is 0 Å². The molecule has 102 valence electrons. The number of pyridine rings is 1. The van der Waals surface area contributed by atoms with Gasteiger partial charge >= 0.3 is 0 Å². The Bertz CT molecular complexity index is 800. The molecule has 0 aliphatic rings. The average Bonchev–Trinajstić information content (AvgIpc) is 2.82. The molecule has 0 unspecified atom stereocenters. The number of halogens is 1. The predicted molar refractivity (Wildman–Crippen MR) is 71.0 cm³/mol. The van der Waals surface area contributed by atoms with Gasteiger partial charge in [0.2, 0.25) is 5.95 Å². The summed E-state index contributed by atoms with van der Waals surface area (Å²) in [6, 6.07) is 7.49. The third-order valence-corrected chi connectivity index (χ3v) is 2.93. The van der Waals surface area contributed by atoms with Crippen molar-refractivity contribution in [3.63, 3.8) is 0 Å². The minimum atomic E-state index is -0.709. The molecule has 0 saturated carbocycles. The number of hydrogen-bond acceptors (Lipinski definition) is 5. The van der Waals surface area contributed by atoms with Gasteiger partial charge in [-0.2, -0.15) is 4.98 Å². The van der Waals surface area contributed by atoms with Crippen LogP contribution in [0.1, 0.15) is 0 Å². The Hall–Kier alpha value is -2.83. The summed E-state index contributed by atoms with van der Waals surface area (Å²) in [4.78, 5) is 4.07. The Balaban J connectivity index is 2.28. The lowest BCUT2D eigenvalue weighted by atomic mass is 10.1. The molecule has 3 aromatic rings. The van der Waals surface area contributed by atoms with E-state index >= 15 is 0 Å². The molecule has 7 heteroatoms. The van der Waals surface area contributed by atoms with Crippen LogP contribution >= 0.6 is 0 Å². The lowest BCUT2D eigenvalue weighted by molar-refractivity contribution is 0.416. The highest BCUT2D eigenvalue weighted by Crippen LogP contribution is 2.28. The number of methoxy groups -OCH3 is 1. The second-order valence-electron chi connectivity index (χ2n) is 4.16. The van der Waals surface area contributed by atoms with Gasteiger partial charge in [-0.1, -0.05) is 0 Å². The van der Waals surface area contributed by atoms with Crippen LogP contribution in [0.3, 0.4) is 0 Å². The monoisotopic (exact) mass is 274 g/mol. The molecular formula is C13H11FN4O2. The van der Waals surface area contributed by atoms with Gasteiger partial charge in [0.25, 0.3) is 0 Å². The number of rotatable bonds is 2. The van der Waals surface area contributed by atoms with Crippen molar-refractivity contribution in [3.05, 3.63) is 36.1 Å². The van der Waals surface area contributed by atoms with Gasteiger partial charge < -0.3 is 15.6 Å². The molecule has 2 heterocycles. The number of anilines is 1. The van der Waals surface area contributed by atoms with E-state index in [2.05, 4.69) is 10.1 Å². The Kier molecular flexibility index (Phi) is 2.67. The molecule has 0 fully saturated rings. The van der Waals surface area contributed by atoms with E-state index in [0.717, 1.165) is 0 Å². The van der Waals surface area contributed by atoms with Crippen molar-refractivity contribution in [1.82, 2.24) is 14.6 Å². The highest BCUT2D eigenvalue weighted by molar-refractivity contribution is 5.68. The van der Waals surface area contributed by atoms with Crippen LogP contribution in [0.2, 0.25) is 0 Å². The number of aromatic nitrogens is 3. The highest BCUT2D eigenvalue weighted by atomic mass is 19.1. The van der Waals surface area contributed by atoms with E-state index in [1.54, 1.807) is 18.2 Å². The molecule has 0 amide bonds. The van der Waals surface area contributed by atoms with E-state index < -0.39 is 11.6 Å². The molecule has 0 spiro atoms. The first kappa shape index (κ1) is 12.2. The number of nitrogen functional groups attached to an aromatic ring is 1. The second-order valence-corrected chi connectivity index (χ2v) is 4.16. The van der Waals surface area contributed by atoms with Gasteiger partial charge in [-0.05, 0) is 30.3 Å².